The summed E-state index contributed by atoms with van der Waals surface area (Å²) in [6, 6.07) is 29.4. The van der Waals surface area contributed by atoms with E-state index >= 15 is 0 Å². The van der Waals surface area contributed by atoms with Crippen molar-refractivity contribution in [3.05, 3.63) is 126 Å². The Morgan fingerprint density at radius 1 is 0.844 bits per heavy atom. The minimum absolute atomic E-state index is 0.549. The van der Waals surface area contributed by atoms with Gasteiger partial charge in [-0.3, -0.25) is 0 Å². The number of rotatable bonds is 7. The standard InChI is InChI=1S/C28H31N3S/c1-6-32(4,5)30-27-19-17-24(18-20-27)21-31-22(2)28(29-23(31)3,25-13-9-7-10-14-25)26-15-11-8-12-16-26/h7-20,29-30H,2-6,21H2,1H3. The van der Waals surface area contributed by atoms with Gasteiger partial charge in [-0.25, -0.2) is 0 Å². The van der Waals surface area contributed by atoms with Crippen LogP contribution >= 0.6 is 9.39 Å². The van der Waals surface area contributed by atoms with Gasteiger partial charge >= 0.3 is 0 Å². The number of benzene rings is 3. The molecule has 4 heteroatoms. The normalized spacial score (nSPS) is 15.5. The lowest BCUT2D eigenvalue weighted by Crippen LogP contribution is -2.38. The highest BCUT2D eigenvalue weighted by atomic mass is 32.2. The number of nitrogens with one attached hydrogen (secondary N) is 2. The molecule has 1 fully saturated rings. The molecule has 3 nitrogen and oxygen atoms in total. The fourth-order valence-corrected chi connectivity index (χ4v) is 4.90. The van der Waals surface area contributed by atoms with Crippen molar-refractivity contribution in [2.45, 2.75) is 19.0 Å². The van der Waals surface area contributed by atoms with Crippen LogP contribution in [0.25, 0.3) is 0 Å². The number of anilines is 1. The first kappa shape index (κ1) is 21.8. The molecule has 0 amide bonds. The second kappa shape index (κ2) is 8.64. The average molecular weight is 442 g/mol. The monoisotopic (exact) mass is 441 g/mol. The van der Waals surface area contributed by atoms with Crippen LogP contribution in [0.3, 0.4) is 0 Å². The van der Waals surface area contributed by atoms with Crippen LogP contribution in [0.4, 0.5) is 5.69 Å². The van der Waals surface area contributed by atoms with Crippen molar-refractivity contribution in [3.63, 3.8) is 0 Å². The van der Waals surface area contributed by atoms with E-state index in [9.17, 15) is 0 Å². The first-order valence-corrected chi connectivity index (χ1v) is 12.9. The Bertz CT molecular complexity index is 1170. The van der Waals surface area contributed by atoms with Gasteiger partial charge in [-0.05, 0) is 34.6 Å². The third kappa shape index (κ3) is 4.06. The second-order valence-electron chi connectivity index (χ2n) is 8.22. The molecular weight excluding hydrogens is 410 g/mol. The molecule has 0 aliphatic carbocycles. The lowest BCUT2D eigenvalue weighted by atomic mass is 9.81. The molecule has 2 N–H and O–H groups in total. The van der Waals surface area contributed by atoms with Crippen LogP contribution in [0, 0.1) is 0 Å². The molecule has 0 spiro atoms. The summed E-state index contributed by atoms with van der Waals surface area (Å²) < 4.78 is 3.46. The van der Waals surface area contributed by atoms with Crippen LogP contribution in [0.1, 0.15) is 23.6 Å². The summed E-state index contributed by atoms with van der Waals surface area (Å²) in [5, 5.41) is 3.68. The second-order valence-corrected chi connectivity index (χ2v) is 11.1. The van der Waals surface area contributed by atoms with E-state index in [0.717, 1.165) is 34.1 Å². The minimum Gasteiger partial charge on any atom is -0.353 e. The van der Waals surface area contributed by atoms with E-state index in [4.69, 9.17) is 0 Å². The third-order valence-corrected chi connectivity index (χ3v) is 7.79. The first-order chi connectivity index (χ1) is 15.4. The first-order valence-electron chi connectivity index (χ1n) is 10.7. The maximum absolute atomic E-state index is 4.54. The van der Waals surface area contributed by atoms with E-state index in [1.807, 2.05) is 12.1 Å². The molecule has 0 saturated carbocycles. The highest BCUT2D eigenvalue weighted by Gasteiger charge is 2.46. The SMILES string of the molecule is C=C1NC(c2ccccc2)(c2ccccc2)C(=C)N1Cc1ccc(NS(=C)(=C)CC)cc1. The molecule has 1 aliphatic rings. The van der Waals surface area contributed by atoms with Crippen molar-refractivity contribution in [1.82, 2.24) is 10.2 Å². The number of nitrogens with zero attached hydrogens (tertiary/aromatic N) is 1. The van der Waals surface area contributed by atoms with Gasteiger partial charge in [0.05, 0.1) is 5.82 Å². The Morgan fingerprint density at radius 2 is 1.38 bits per heavy atom. The summed E-state index contributed by atoms with van der Waals surface area (Å²) in [6.07, 6.45) is 0. The summed E-state index contributed by atoms with van der Waals surface area (Å²) in [4.78, 5) is 2.17. The van der Waals surface area contributed by atoms with E-state index in [2.05, 4.69) is 120 Å². The fourth-order valence-electron chi connectivity index (χ4n) is 4.12. The van der Waals surface area contributed by atoms with Crippen molar-refractivity contribution < 1.29 is 0 Å². The summed E-state index contributed by atoms with van der Waals surface area (Å²) in [6.45, 7) is 11.7. The molecule has 0 radical (unpaired) electrons. The maximum Gasteiger partial charge on any atom is 0.129 e. The number of hydrogen-bond donors (Lipinski definition) is 2. The molecule has 3 aromatic carbocycles. The molecular formula is C28H31N3S. The molecule has 0 unspecified atom stereocenters. The minimum atomic E-state index is -1.30. The van der Waals surface area contributed by atoms with Gasteiger partial charge in [-0.15, -0.1) is 9.39 Å². The van der Waals surface area contributed by atoms with Crippen molar-refractivity contribution in [2.24, 2.45) is 0 Å². The van der Waals surface area contributed by atoms with E-state index in [1.54, 1.807) is 0 Å². The van der Waals surface area contributed by atoms with Crippen molar-refractivity contribution in [3.8, 4) is 0 Å². The highest BCUT2D eigenvalue weighted by Crippen LogP contribution is 2.44. The lowest BCUT2D eigenvalue weighted by Gasteiger charge is -2.32. The van der Waals surface area contributed by atoms with Gasteiger partial charge in [0.1, 0.15) is 5.54 Å². The van der Waals surface area contributed by atoms with Gasteiger partial charge in [0, 0.05) is 17.9 Å². The van der Waals surface area contributed by atoms with Crippen molar-refractivity contribution in [1.29, 1.82) is 0 Å². The Labute approximate surface area is 192 Å². The molecule has 1 aliphatic heterocycles. The zero-order valence-electron chi connectivity index (χ0n) is 18.7. The molecule has 32 heavy (non-hydrogen) atoms. The quantitative estimate of drug-likeness (QED) is 0.438. The maximum atomic E-state index is 4.54. The molecule has 1 saturated heterocycles. The summed E-state index contributed by atoms with van der Waals surface area (Å²) in [7, 11) is -1.30. The van der Waals surface area contributed by atoms with Gasteiger partial charge in [0.25, 0.3) is 0 Å². The van der Waals surface area contributed by atoms with E-state index in [-0.39, 0.29) is 0 Å². The summed E-state index contributed by atoms with van der Waals surface area (Å²) in [5.74, 6) is 10.2. The predicted octanol–water partition coefficient (Wildman–Crippen LogP) is 6.04. The van der Waals surface area contributed by atoms with Crippen molar-refractivity contribution >= 4 is 26.8 Å². The van der Waals surface area contributed by atoms with Crippen LogP contribution in [-0.4, -0.2) is 22.4 Å². The Kier molecular flexibility index (Phi) is 5.90. The largest absolute Gasteiger partial charge is 0.353 e. The van der Waals surface area contributed by atoms with Crippen molar-refractivity contribution in [2.75, 3.05) is 10.5 Å². The molecule has 0 bridgehead atoms. The van der Waals surface area contributed by atoms with Gasteiger partial charge in [-0.1, -0.05) is 105 Å². The van der Waals surface area contributed by atoms with E-state index < -0.39 is 14.9 Å². The van der Waals surface area contributed by atoms with Crippen LogP contribution in [-0.2, 0) is 12.1 Å². The highest BCUT2D eigenvalue weighted by molar-refractivity contribution is 8.28. The molecule has 4 rings (SSSR count). The fraction of sp³-hybridized carbons (Fsp3) is 0.143. The van der Waals surface area contributed by atoms with E-state index in [1.165, 1.54) is 5.56 Å². The lowest BCUT2D eigenvalue weighted by molar-refractivity contribution is 0.437. The predicted molar refractivity (Wildman–Crippen MR) is 143 cm³/mol. The molecule has 0 aromatic heterocycles. The van der Waals surface area contributed by atoms with Crippen LogP contribution in [0.5, 0.6) is 0 Å². The Morgan fingerprint density at radius 3 is 1.88 bits per heavy atom. The molecule has 0 atom stereocenters. The Hall–Kier alpha value is -3.37. The van der Waals surface area contributed by atoms with Gasteiger partial charge in [0.15, 0.2) is 0 Å². The molecule has 3 aromatic rings. The zero-order valence-corrected chi connectivity index (χ0v) is 19.5. The topological polar surface area (TPSA) is 27.3 Å². The molecule has 1 heterocycles. The van der Waals surface area contributed by atoms with Crippen LogP contribution in [0.2, 0.25) is 0 Å². The van der Waals surface area contributed by atoms with Crippen LogP contribution in [0.15, 0.2) is 110 Å². The Balaban J connectivity index is 1.64. The smallest absolute Gasteiger partial charge is 0.129 e. The van der Waals surface area contributed by atoms with E-state index in [0.29, 0.717) is 6.54 Å². The summed E-state index contributed by atoms with van der Waals surface area (Å²) >= 11 is 0. The zero-order chi connectivity index (χ0) is 22.8. The third-order valence-electron chi connectivity index (χ3n) is 6.01. The van der Waals surface area contributed by atoms with Gasteiger partial charge in [-0.2, -0.15) is 0 Å². The van der Waals surface area contributed by atoms with Crippen LogP contribution < -0.4 is 10.0 Å². The number of hydrogen-bond acceptors (Lipinski definition) is 3. The van der Waals surface area contributed by atoms with Gasteiger partial charge in [0.2, 0.25) is 0 Å². The summed E-state index contributed by atoms with van der Waals surface area (Å²) in [5.41, 5.74) is 4.94. The molecule has 164 valence electrons. The average Bonchev–Trinajstić information content (AvgIpc) is 3.07. The van der Waals surface area contributed by atoms with Gasteiger partial charge < -0.3 is 14.9 Å².